The van der Waals surface area contributed by atoms with Gasteiger partial charge in [0.05, 0.1) is 70.7 Å². The molecular formula is C47H64N6O9. The highest BCUT2D eigenvalue weighted by atomic mass is 16.6. The number of rotatable bonds is 25. The fourth-order valence-corrected chi connectivity index (χ4v) is 7.15. The molecule has 2 aromatic carbocycles. The zero-order valence-electron chi connectivity index (χ0n) is 36.9. The van der Waals surface area contributed by atoms with Crippen LogP contribution in [-0.2, 0) is 38.8 Å². The Labute approximate surface area is 365 Å². The average Bonchev–Trinajstić information content (AvgIpc) is 3.78. The number of carbonyl (C=O) groups is 3. The Morgan fingerprint density at radius 2 is 1.48 bits per heavy atom. The van der Waals surface area contributed by atoms with Crippen molar-refractivity contribution < 1.29 is 42.8 Å². The molecule has 0 aliphatic heterocycles. The van der Waals surface area contributed by atoms with E-state index < -0.39 is 11.1 Å². The van der Waals surface area contributed by atoms with E-state index in [9.17, 15) is 14.4 Å². The third-order valence-electron chi connectivity index (χ3n) is 10.6. The number of amides is 1. The summed E-state index contributed by atoms with van der Waals surface area (Å²) in [6.45, 7) is 11.2. The maximum Gasteiger partial charge on any atom is 0.309 e. The molecule has 2 heterocycles. The van der Waals surface area contributed by atoms with Gasteiger partial charge in [0, 0.05) is 35.8 Å². The van der Waals surface area contributed by atoms with Crippen molar-refractivity contribution in [2.75, 3.05) is 58.7 Å². The summed E-state index contributed by atoms with van der Waals surface area (Å²) in [6.07, 6.45) is 10.1. The Morgan fingerprint density at radius 3 is 2.16 bits per heavy atom. The number of carbonyl (C=O) groups excluding carboxylic acids is 3. The normalized spacial score (nSPS) is 16.9. The van der Waals surface area contributed by atoms with E-state index in [2.05, 4.69) is 35.5 Å². The number of unbranched alkanes of at least 4 members (excludes halogenated alkanes) is 3. The summed E-state index contributed by atoms with van der Waals surface area (Å²) in [7, 11) is 1.36. The molecule has 0 spiro atoms. The second kappa shape index (κ2) is 24.3. The van der Waals surface area contributed by atoms with Crippen molar-refractivity contribution in [2.24, 2.45) is 5.92 Å². The Hall–Kier alpha value is -5.38. The van der Waals surface area contributed by atoms with Gasteiger partial charge in [-0.15, -0.1) is 10.2 Å². The quantitative estimate of drug-likeness (QED) is 0.0435. The smallest absolute Gasteiger partial charge is 0.309 e. The molecule has 15 nitrogen and oxygen atoms in total. The number of hydrogen-bond donors (Lipinski definition) is 3. The van der Waals surface area contributed by atoms with Crippen LogP contribution in [0.5, 0.6) is 5.75 Å². The van der Waals surface area contributed by atoms with Crippen molar-refractivity contribution in [2.45, 2.75) is 103 Å². The number of benzene rings is 2. The minimum atomic E-state index is -0.664. The van der Waals surface area contributed by atoms with Gasteiger partial charge < -0.3 is 44.0 Å². The number of aromatic nitrogens is 4. The molecule has 1 amide bonds. The van der Waals surface area contributed by atoms with Crippen LogP contribution in [0.15, 0.2) is 73.1 Å². The largest absolute Gasteiger partial charge is 0.494 e. The summed E-state index contributed by atoms with van der Waals surface area (Å²) in [6, 6.07) is 18.8. The molecule has 3 N–H and O–H groups in total. The van der Waals surface area contributed by atoms with E-state index in [4.69, 9.17) is 23.7 Å². The van der Waals surface area contributed by atoms with E-state index in [0.717, 1.165) is 48.2 Å². The number of ether oxygens (including phenoxy) is 6. The number of aromatic amines is 1. The summed E-state index contributed by atoms with van der Waals surface area (Å²) in [4.78, 5) is 45.2. The minimum absolute atomic E-state index is 0.185. The molecule has 5 rings (SSSR count). The van der Waals surface area contributed by atoms with Crippen LogP contribution in [0.2, 0.25) is 0 Å². The van der Waals surface area contributed by atoms with Gasteiger partial charge in [-0.25, -0.2) is 0 Å². The van der Waals surface area contributed by atoms with Crippen LogP contribution in [0.1, 0.15) is 113 Å². The molecule has 0 saturated heterocycles. The van der Waals surface area contributed by atoms with Crippen LogP contribution in [0.25, 0.3) is 11.4 Å². The molecule has 1 saturated carbocycles. The highest BCUT2D eigenvalue weighted by molar-refractivity contribution is 5.95. The van der Waals surface area contributed by atoms with E-state index in [0.29, 0.717) is 89.1 Å². The second-order valence-corrected chi connectivity index (χ2v) is 16.5. The van der Waals surface area contributed by atoms with Gasteiger partial charge in [0.2, 0.25) is 0 Å². The van der Waals surface area contributed by atoms with Gasteiger partial charge in [-0.3, -0.25) is 19.4 Å². The lowest BCUT2D eigenvalue weighted by atomic mass is 9.75. The Balaban J connectivity index is 1.04. The van der Waals surface area contributed by atoms with Crippen molar-refractivity contribution in [3.63, 3.8) is 0 Å². The standard InChI is InChI=1S/C47H64N6O9/c1-34(35-13-15-40(16-14-35)61-27-9-7-6-8-26-58-29-31-60-32-30-59-28-21-41(54)57-5)49-43(55)38-11-10-12-39(33-38)51-47(22-17-37(18-23-47)44(56)62-46(2,3)4)45-50-42(52-53-45)36-19-24-48-25-20-36/h10-16,19-20,24-25,33-34,37,51H,6-9,17-18,21-23,26-32H2,1-5H3,(H,49,55)(H,50,52,53). The predicted molar refractivity (Wildman–Crippen MR) is 235 cm³/mol. The molecule has 336 valence electrons. The van der Waals surface area contributed by atoms with Gasteiger partial charge in [-0.1, -0.05) is 24.6 Å². The highest BCUT2D eigenvalue weighted by Crippen LogP contribution is 2.42. The third kappa shape index (κ3) is 15.5. The Bertz CT molecular complexity index is 1960. The fraction of sp³-hybridized carbons (Fsp3) is 0.532. The minimum Gasteiger partial charge on any atom is -0.494 e. The van der Waals surface area contributed by atoms with Crippen LogP contribution in [0.4, 0.5) is 5.69 Å². The number of anilines is 1. The molecule has 1 fully saturated rings. The monoisotopic (exact) mass is 856 g/mol. The number of nitrogens with zero attached hydrogens (tertiary/aromatic N) is 3. The van der Waals surface area contributed by atoms with E-state index in [-0.39, 0.29) is 36.2 Å². The Morgan fingerprint density at radius 1 is 0.823 bits per heavy atom. The summed E-state index contributed by atoms with van der Waals surface area (Å²) >= 11 is 0. The van der Waals surface area contributed by atoms with Crippen molar-refractivity contribution in [3.8, 4) is 17.1 Å². The summed E-state index contributed by atoms with van der Waals surface area (Å²) < 4.78 is 32.7. The molecule has 1 aliphatic carbocycles. The zero-order chi connectivity index (χ0) is 44.2. The number of nitrogens with one attached hydrogen (secondary N) is 3. The van der Waals surface area contributed by atoms with Crippen molar-refractivity contribution >= 4 is 23.5 Å². The first kappa shape index (κ1) is 47.7. The molecule has 0 bridgehead atoms. The van der Waals surface area contributed by atoms with Crippen molar-refractivity contribution in [3.05, 3.63) is 90.0 Å². The second-order valence-electron chi connectivity index (χ2n) is 16.5. The van der Waals surface area contributed by atoms with E-state index in [1.165, 1.54) is 7.11 Å². The predicted octanol–water partition coefficient (Wildman–Crippen LogP) is 7.75. The summed E-state index contributed by atoms with van der Waals surface area (Å²) in [5, 5.41) is 15.9. The van der Waals surface area contributed by atoms with Gasteiger partial charge in [0.1, 0.15) is 11.4 Å². The average molecular weight is 857 g/mol. The highest BCUT2D eigenvalue weighted by Gasteiger charge is 2.42. The molecule has 15 heteroatoms. The van der Waals surface area contributed by atoms with Crippen LogP contribution in [0, 0.1) is 5.92 Å². The summed E-state index contributed by atoms with van der Waals surface area (Å²) in [5.74, 6) is 1.19. The lowest BCUT2D eigenvalue weighted by Gasteiger charge is -2.39. The maximum absolute atomic E-state index is 13.6. The van der Waals surface area contributed by atoms with Crippen molar-refractivity contribution in [1.82, 2.24) is 25.5 Å². The molecular weight excluding hydrogens is 793 g/mol. The lowest BCUT2D eigenvalue weighted by Crippen LogP contribution is -2.42. The third-order valence-corrected chi connectivity index (χ3v) is 10.6. The molecule has 2 aromatic heterocycles. The van der Waals surface area contributed by atoms with Crippen LogP contribution in [0.3, 0.4) is 0 Å². The lowest BCUT2D eigenvalue weighted by molar-refractivity contribution is -0.161. The molecule has 1 unspecified atom stereocenters. The van der Waals surface area contributed by atoms with Crippen molar-refractivity contribution in [1.29, 1.82) is 0 Å². The van der Waals surface area contributed by atoms with Gasteiger partial charge >= 0.3 is 11.9 Å². The van der Waals surface area contributed by atoms with E-state index in [1.54, 1.807) is 18.5 Å². The van der Waals surface area contributed by atoms with Crippen LogP contribution >= 0.6 is 0 Å². The first-order valence-electron chi connectivity index (χ1n) is 21.7. The number of methoxy groups -OCH3 is 1. The number of pyridine rings is 1. The molecule has 1 aliphatic rings. The Kier molecular flexibility index (Phi) is 18.7. The van der Waals surface area contributed by atoms with Gasteiger partial charge in [0.25, 0.3) is 5.91 Å². The fourth-order valence-electron chi connectivity index (χ4n) is 7.15. The van der Waals surface area contributed by atoms with E-state index in [1.807, 2.05) is 82.3 Å². The van der Waals surface area contributed by atoms with E-state index >= 15 is 0 Å². The first-order chi connectivity index (χ1) is 29.9. The summed E-state index contributed by atoms with van der Waals surface area (Å²) in [5.41, 5.74) is 1.88. The van der Waals surface area contributed by atoms with Gasteiger partial charge in [-0.05, 0) is 121 Å². The molecule has 62 heavy (non-hydrogen) atoms. The first-order valence-corrected chi connectivity index (χ1v) is 21.7. The van der Waals surface area contributed by atoms with Gasteiger partial charge in [-0.2, -0.15) is 0 Å². The van der Waals surface area contributed by atoms with Crippen LogP contribution < -0.4 is 15.4 Å². The molecule has 4 aromatic rings. The molecule has 1 atom stereocenters. The van der Waals surface area contributed by atoms with Gasteiger partial charge in [0.15, 0.2) is 11.6 Å². The van der Waals surface area contributed by atoms with Crippen LogP contribution in [-0.4, -0.2) is 97.0 Å². The maximum atomic E-state index is 13.6. The number of hydrogen-bond acceptors (Lipinski definition) is 13. The SMILES string of the molecule is COC(=O)CCOCCOCCOCCCCCCOc1ccc(C(C)NC(=O)c2cccc(NC3(c4nnc(-c5ccncc5)[nH]4)CCC(C(=O)OC(C)(C)C)CC3)c2)cc1. The molecule has 0 radical (unpaired) electrons. The number of H-pyrrole nitrogens is 1. The topological polar surface area (TPSA) is 185 Å². The zero-order valence-corrected chi connectivity index (χ0v) is 36.9. The number of esters is 2.